The summed E-state index contributed by atoms with van der Waals surface area (Å²) in [4.78, 5) is 28.2. The van der Waals surface area contributed by atoms with Gasteiger partial charge in [0.05, 0.1) is 5.69 Å². The van der Waals surface area contributed by atoms with Crippen molar-refractivity contribution < 1.29 is 18.7 Å². The highest BCUT2D eigenvalue weighted by Crippen LogP contribution is 2.21. The molecule has 0 aliphatic heterocycles. The van der Waals surface area contributed by atoms with Crippen LogP contribution in [0.5, 0.6) is 5.75 Å². The summed E-state index contributed by atoms with van der Waals surface area (Å²) in [6, 6.07) is 10.8. The molecule has 3 aromatic rings. The maximum absolute atomic E-state index is 13.6. The Morgan fingerprint density at radius 3 is 2.85 bits per heavy atom. The van der Waals surface area contributed by atoms with Gasteiger partial charge in [-0.15, -0.1) is 0 Å². The second-order valence-corrected chi connectivity index (χ2v) is 6.39. The van der Waals surface area contributed by atoms with Gasteiger partial charge in [-0.1, -0.05) is 22.0 Å². The average Bonchev–Trinajstić information content (AvgIpc) is 2.59. The molecule has 0 amide bonds. The molecule has 3 rings (SSSR count). The normalized spacial score (nSPS) is 10.7. The zero-order chi connectivity index (χ0) is 18.7. The molecule has 0 saturated heterocycles. The Labute approximate surface area is 156 Å². The third-order valence-electron chi connectivity index (χ3n) is 3.55. The van der Waals surface area contributed by atoms with E-state index in [4.69, 9.17) is 9.47 Å². The SMILES string of the molecule is Cc1cccc2nc(COC(=O)COc3ccc(Br)cc3F)cc(=O)n12. The van der Waals surface area contributed by atoms with Gasteiger partial charge in [-0.3, -0.25) is 9.20 Å². The minimum atomic E-state index is -0.696. The molecular formula is C18H14BrFN2O4. The number of carbonyl (C=O) groups is 1. The predicted molar refractivity (Wildman–Crippen MR) is 95.6 cm³/mol. The Hall–Kier alpha value is -2.74. The molecule has 0 N–H and O–H groups in total. The predicted octanol–water partition coefficient (Wildman–Crippen LogP) is 3.03. The Kier molecular flexibility index (Phi) is 5.32. The maximum Gasteiger partial charge on any atom is 0.344 e. The molecule has 0 aliphatic rings. The summed E-state index contributed by atoms with van der Waals surface area (Å²) in [6.07, 6.45) is 0. The van der Waals surface area contributed by atoms with E-state index in [0.29, 0.717) is 15.8 Å². The molecule has 0 atom stereocenters. The first kappa shape index (κ1) is 18.1. The van der Waals surface area contributed by atoms with Crippen molar-refractivity contribution in [3.63, 3.8) is 0 Å². The maximum atomic E-state index is 13.6. The Bertz CT molecular complexity index is 1040. The van der Waals surface area contributed by atoms with Crippen LogP contribution < -0.4 is 10.3 Å². The topological polar surface area (TPSA) is 69.9 Å². The van der Waals surface area contributed by atoms with Crippen LogP contribution in [0.2, 0.25) is 0 Å². The van der Waals surface area contributed by atoms with Gasteiger partial charge < -0.3 is 9.47 Å². The lowest BCUT2D eigenvalue weighted by Crippen LogP contribution is -2.20. The lowest BCUT2D eigenvalue weighted by Gasteiger charge is -2.09. The molecule has 0 fully saturated rings. The number of hydrogen-bond acceptors (Lipinski definition) is 5. The molecule has 0 radical (unpaired) electrons. The third-order valence-corrected chi connectivity index (χ3v) is 4.05. The number of esters is 1. The third kappa shape index (κ3) is 4.08. The number of ether oxygens (including phenoxy) is 2. The van der Waals surface area contributed by atoms with E-state index in [1.165, 1.54) is 22.6 Å². The van der Waals surface area contributed by atoms with Gasteiger partial charge in [0, 0.05) is 16.2 Å². The monoisotopic (exact) mass is 420 g/mol. The van der Waals surface area contributed by atoms with Gasteiger partial charge in [0.15, 0.2) is 18.2 Å². The fourth-order valence-electron chi connectivity index (χ4n) is 2.36. The number of nitrogens with zero attached hydrogens (tertiary/aromatic N) is 2. The number of halogens is 2. The molecule has 0 unspecified atom stereocenters. The molecule has 0 saturated carbocycles. The van der Waals surface area contributed by atoms with Crippen LogP contribution >= 0.6 is 15.9 Å². The van der Waals surface area contributed by atoms with Gasteiger partial charge in [-0.25, -0.2) is 14.2 Å². The summed E-state index contributed by atoms with van der Waals surface area (Å²) >= 11 is 3.13. The van der Waals surface area contributed by atoms with Crippen LogP contribution in [0.1, 0.15) is 11.4 Å². The van der Waals surface area contributed by atoms with Crippen molar-refractivity contribution in [2.24, 2.45) is 0 Å². The van der Waals surface area contributed by atoms with E-state index in [9.17, 15) is 14.0 Å². The number of fused-ring (bicyclic) bond motifs is 1. The van der Waals surface area contributed by atoms with Crippen LogP contribution in [0, 0.1) is 12.7 Å². The minimum Gasteiger partial charge on any atom is -0.479 e. The molecule has 6 nitrogen and oxygen atoms in total. The van der Waals surface area contributed by atoms with Crippen LogP contribution in [-0.4, -0.2) is 22.0 Å². The largest absolute Gasteiger partial charge is 0.479 e. The van der Waals surface area contributed by atoms with Crippen molar-refractivity contribution in [2.75, 3.05) is 6.61 Å². The smallest absolute Gasteiger partial charge is 0.344 e. The molecule has 0 spiro atoms. The summed E-state index contributed by atoms with van der Waals surface area (Å²) in [6.45, 7) is 1.17. The van der Waals surface area contributed by atoms with Crippen LogP contribution in [0.15, 0.2) is 51.7 Å². The summed E-state index contributed by atoms with van der Waals surface area (Å²) in [5, 5.41) is 0. The number of aryl methyl sites for hydroxylation is 1. The van der Waals surface area contributed by atoms with Crippen molar-refractivity contribution in [3.05, 3.63) is 74.5 Å². The second-order valence-electron chi connectivity index (χ2n) is 5.47. The second kappa shape index (κ2) is 7.65. The number of carbonyl (C=O) groups excluding carboxylic acids is 1. The molecule has 134 valence electrons. The standard InChI is InChI=1S/C18H14BrFN2O4/c1-11-3-2-4-16-21-13(8-17(23)22(11)16)9-26-18(24)10-25-15-6-5-12(19)7-14(15)20/h2-8H,9-10H2,1H3. The molecule has 0 aliphatic carbocycles. The lowest BCUT2D eigenvalue weighted by molar-refractivity contribution is -0.147. The summed E-state index contributed by atoms with van der Waals surface area (Å²) in [5.74, 6) is -1.34. The van der Waals surface area contributed by atoms with Gasteiger partial charge in [-0.2, -0.15) is 0 Å². The molecule has 8 heteroatoms. The minimum absolute atomic E-state index is 0.0531. The molecular weight excluding hydrogens is 407 g/mol. The molecule has 1 aromatic carbocycles. The summed E-state index contributed by atoms with van der Waals surface area (Å²) in [5.41, 5.74) is 1.29. The first-order valence-electron chi connectivity index (χ1n) is 7.66. The van der Waals surface area contributed by atoms with Crippen molar-refractivity contribution in [1.29, 1.82) is 0 Å². The van der Waals surface area contributed by atoms with E-state index in [1.807, 2.05) is 0 Å². The number of benzene rings is 1. The molecule has 26 heavy (non-hydrogen) atoms. The molecule has 2 aromatic heterocycles. The van der Waals surface area contributed by atoms with Crippen molar-refractivity contribution >= 4 is 27.5 Å². The summed E-state index contributed by atoms with van der Waals surface area (Å²) < 4.78 is 25.8. The van der Waals surface area contributed by atoms with Crippen LogP contribution in [0.4, 0.5) is 4.39 Å². The van der Waals surface area contributed by atoms with Crippen LogP contribution in [0.3, 0.4) is 0 Å². The molecule has 0 bridgehead atoms. The number of aromatic nitrogens is 2. The highest BCUT2D eigenvalue weighted by Gasteiger charge is 2.10. The Balaban J connectivity index is 1.62. The fourth-order valence-corrected chi connectivity index (χ4v) is 2.70. The van der Waals surface area contributed by atoms with Crippen LogP contribution in [-0.2, 0) is 16.1 Å². The van der Waals surface area contributed by atoms with Gasteiger partial charge >= 0.3 is 5.97 Å². The average molecular weight is 421 g/mol. The quantitative estimate of drug-likeness (QED) is 0.593. The van der Waals surface area contributed by atoms with E-state index in [-0.39, 0.29) is 17.9 Å². The zero-order valence-electron chi connectivity index (χ0n) is 13.7. The van der Waals surface area contributed by atoms with E-state index >= 15 is 0 Å². The Morgan fingerprint density at radius 2 is 2.08 bits per heavy atom. The fraction of sp³-hybridized carbons (Fsp3) is 0.167. The van der Waals surface area contributed by atoms with Crippen molar-refractivity contribution in [1.82, 2.24) is 9.38 Å². The summed E-state index contributed by atoms with van der Waals surface area (Å²) in [7, 11) is 0. The highest BCUT2D eigenvalue weighted by atomic mass is 79.9. The first-order chi connectivity index (χ1) is 12.4. The van der Waals surface area contributed by atoms with E-state index in [2.05, 4.69) is 20.9 Å². The number of hydrogen-bond donors (Lipinski definition) is 0. The number of pyridine rings is 1. The van der Waals surface area contributed by atoms with E-state index in [0.717, 1.165) is 5.69 Å². The van der Waals surface area contributed by atoms with E-state index < -0.39 is 18.4 Å². The Morgan fingerprint density at radius 1 is 1.27 bits per heavy atom. The van der Waals surface area contributed by atoms with Crippen LogP contribution in [0.25, 0.3) is 5.65 Å². The van der Waals surface area contributed by atoms with Gasteiger partial charge in [-0.05, 0) is 37.3 Å². The van der Waals surface area contributed by atoms with E-state index in [1.54, 1.807) is 31.2 Å². The first-order valence-corrected chi connectivity index (χ1v) is 8.45. The number of rotatable bonds is 5. The molecule has 2 heterocycles. The van der Waals surface area contributed by atoms with Gasteiger partial charge in [0.25, 0.3) is 5.56 Å². The lowest BCUT2D eigenvalue weighted by atomic mass is 10.3. The highest BCUT2D eigenvalue weighted by molar-refractivity contribution is 9.10. The van der Waals surface area contributed by atoms with Gasteiger partial charge in [0.1, 0.15) is 12.3 Å². The van der Waals surface area contributed by atoms with Crippen molar-refractivity contribution in [3.8, 4) is 5.75 Å². The zero-order valence-corrected chi connectivity index (χ0v) is 15.3. The van der Waals surface area contributed by atoms with Crippen molar-refractivity contribution in [2.45, 2.75) is 13.5 Å². The van der Waals surface area contributed by atoms with Gasteiger partial charge in [0.2, 0.25) is 0 Å².